The van der Waals surface area contributed by atoms with Gasteiger partial charge in [0.05, 0.1) is 12.1 Å². The van der Waals surface area contributed by atoms with Gasteiger partial charge >= 0.3 is 0 Å². The first kappa shape index (κ1) is 10.7. The molecule has 0 aliphatic carbocycles. The predicted octanol–water partition coefficient (Wildman–Crippen LogP) is 2.39. The molecule has 0 aliphatic rings. The summed E-state index contributed by atoms with van der Waals surface area (Å²) in [5, 5.41) is 11.6. The Morgan fingerprint density at radius 2 is 2.00 bits per heavy atom. The lowest BCUT2D eigenvalue weighted by Crippen LogP contribution is -2.27. The van der Waals surface area contributed by atoms with Gasteiger partial charge in [-0.1, -0.05) is 18.2 Å². The third kappa shape index (κ3) is 2.54. The summed E-state index contributed by atoms with van der Waals surface area (Å²) < 4.78 is 13.3. The fourth-order valence-corrected chi connectivity index (χ4v) is 1.33. The van der Waals surface area contributed by atoms with Gasteiger partial charge in [-0.15, -0.1) is 0 Å². The highest BCUT2D eigenvalue weighted by atomic mass is 19.1. The molecule has 3 heteroatoms. The van der Waals surface area contributed by atoms with Gasteiger partial charge < -0.3 is 0 Å². The molecule has 0 spiro atoms. The van der Waals surface area contributed by atoms with E-state index in [1.54, 1.807) is 25.1 Å². The Kier molecular flexibility index (Phi) is 3.61. The number of nitrogens with one attached hydrogen (secondary N) is 1. The van der Waals surface area contributed by atoms with Crippen molar-refractivity contribution in [3.05, 3.63) is 35.6 Å². The van der Waals surface area contributed by atoms with Crippen LogP contribution in [-0.4, -0.2) is 6.04 Å². The van der Waals surface area contributed by atoms with E-state index in [9.17, 15) is 4.39 Å². The van der Waals surface area contributed by atoms with Crippen LogP contribution in [0.25, 0.3) is 0 Å². The predicted molar refractivity (Wildman–Crippen MR) is 53.0 cm³/mol. The van der Waals surface area contributed by atoms with E-state index in [0.717, 1.165) is 0 Å². The van der Waals surface area contributed by atoms with Crippen LogP contribution >= 0.6 is 0 Å². The molecular formula is C11H13FN2. The first-order chi connectivity index (χ1) is 6.65. The van der Waals surface area contributed by atoms with E-state index in [1.807, 2.05) is 6.92 Å². The maximum atomic E-state index is 13.3. The molecule has 2 nitrogen and oxygen atoms in total. The lowest BCUT2D eigenvalue weighted by molar-refractivity contribution is 0.509. The second-order valence-electron chi connectivity index (χ2n) is 3.26. The van der Waals surface area contributed by atoms with Crippen LogP contribution in [0.4, 0.5) is 4.39 Å². The average Bonchev–Trinajstić information content (AvgIpc) is 2.18. The first-order valence-corrected chi connectivity index (χ1v) is 4.55. The number of nitriles is 1. The van der Waals surface area contributed by atoms with Crippen LogP contribution in [-0.2, 0) is 0 Å². The van der Waals surface area contributed by atoms with Gasteiger partial charge in [-0.3, -0.25) is 5.32 Å². The van der Waals surface area contributed by atoms with Gasteiger partial charge in [0.25, 0.3) is 0 Å². The maximum Gasteiger partial charge on any atom is 0.127 e. The lowest BCUT2D eigenvalue weighted by Gasteiger charge is -2.16. The summed E-state index contributed by atoms with van der Waals surface area (Å²) in [6.07, 6.45) is 0. The van der Waals surface area contributed by atoms with E-state index < -0.39 is 0 Å². The molecule has 0 heterocycles. The fourth-order valence-electron chi connectivity index (χ4n) is 1.33. The molecule has 0 saturated heterocycles. The number of rotatable bonds is 3. The van der Waals surface area contributed by atoms with Crippen molar-refractivity contribution in [3.63, 3.8) is 0 Å². The van der Waals surface area contributed by atoms with Gasteiger partial charge in [0.2, 0.25) is 0 Å². The molecule has 0 aromatic heterocycles. The minimum atomic E-state index is -0.274. The molecule has 1 aromatic carbocycles. The summed E-state index contributed by atoms with van der Waals surface area (Å²) in [6.45, 7) is 3.59. The zero-order valence-corrected chi connectivity index (χ0v) is 8.29. The summed E-state index contributed by atoms with van der Waals surface area (Å²) in [4.78, 5) is 0. The second kappa shape index (κ2) is 4.73. The summed E-state index contributed by atoms with van der Waals surface area (Å²) >= 11 is 0. The van der Waals surface area contributed by atoms with Gasteiger partial charge in [-0.25, -0.2) is 4.39 Å². The van der Waals surface area contributed by atoms with Crippen molar-refractivity contribution in [3.8, 4) is 6.07 Å². The summed E-state index contributed by atoms with van der Waals surface area (Å²) in [6, 6.07) is 8.21. The van der Waals surface area contributed by atoms with E-state index in [2.05, 4.69) is 11.4 Å². The number of hydrogen-bond acceptors (Lipinski definition) is 2. The highest BCUT2D eigenvalue weighted by Gasteiger charge is 2.11. The zero-order chi connectivity index (χ0) is 10.6. The third-order valence-electron chi connectivity index (χ3n) is 2.07. The third-order valence-corrected chi connectivity index (χ3v) is 2.07. The molecule has 0 aliphatic heterocycles. The largest absolute Gasteiger partial charge is 0.295 e. The van der Waals surface area contributed by atoms with Crippen LogP contribution in [0, 0.1) is 17.1 Å². The summed E-state index contributed by atoms with van der Waals surface area (Å²) in [7, 11) is 0. The molecule has 0 radical (unpaired) electrons. The summed E-state index contributed by atoms with van der Waals surface area (Å²) in [5.74, 6) is -0.238. The Labute approximate surface area is 83.4 Å². The van der Waals surface area contributed by atoms with Gasteiger partial charge in [-0.05, 0) is 19.9 Å². The highest BCUT2D eigenvalue weighted by molar-refractivity contribution is 5.20. The molecule has 0 bridgehead atoms. The minimum Gasteiger partial charge on any atom is -0.295 e. The molecule has 2 atom stereocenters. The van der Waals surface area contributed by atoms with Crippen molar-refractivity contribution in [2.75, 3.05) is 0 Å². The Morgan fingerprint density at radius 1 is 1.36 bits per heavy atom. The van der Waals surface area contributed by atoms with Gasteiger partial charge in [-0.2, -0.15) is 5.26 Å². The average molecular weight is 192 g/mol. The molecule has 0 amide bonds. The molecule has 1 N–H and O–H groups in total. The van der Waals surface area contributed by atoms with Crippen LogP contribution < -0.4 is 5.32 Å². The van der Waals surface area contributed by atoms with Crippen molar-refractivity contribution >= 4 is 0 Å². The van der Waals surface area contributed by atoms with Crippen LogP contribution in [0.2, 0.25) is 0 Å². The first-order valence-electron chi connectivity index (χ1n) is 4.55. The smallest absolute Gasteiger partial charge is 0.127 e. The quantitative estimate of drug-likeness (QED) is 0.798. The van der Waals surface area contributed by atoms with Crippen molar-refractivity contribution < 1.29 is 4.39 Å². The standard InChI is InChI=1S/C11H13FN2/c1-8(7-13)14-9(2)10-5-3-4-6-11(10)12/h3-6,8-9,14H,1-2H3/t8?,9-/m1/s1. The maximum absolute atomic E-state index is 13.3. The van der Waals surface area contributed by atoms with Gasteiger partial charge in [0, 0.05) is 11.6 Å². The summed E-state index contributed by atoms with van der Waals surface area (Å²) in [5.41, 5.74) is 0.592. The Balaban J connectivity index is 2.75. The van der Waals surface area contributed by atoms with Crippen molar-refractivity contribution in [2.24, 2.45) is 0 Å². The number of hydrogen-bond donors (Lipinski definition) is 1. The monoisotopic (exact) mass is 192 g/mol. The van der Waals surface area contributed by atoms with Crippen molar-refractivity contribution in [2.45, 2.75) is 25.9 Å². The minimum absolute atomic E-state index is 0.147. The van der Waals surface area contributed by atoms with Crippen LogP contribution in [0.5, 0.6) is 0 Å². The molecule has 14 heavy (non-hydrogen) atoms. The van der Waals surface area contributed by atoms with E-state index in [4.69, 9.17) is 5.26 Å². The van der Waals surface area contributed by atoms with E-state index >= 15 is 0 Å². The molecule has 1 rings (SSSR count). The second-order valence-corrected chi connectivity index (χ2v) is 3.26. The number of nitrogens with zero attached hydrogens (tertiary/aromatic N) is 1. The Morgan fingerprint density at radius 3 is 2.57 bits per heavy atom. The molecule has 1 unspecified atom stereocenters. The van der Waals surface area contributed by atoms with Gasteiger partial charge in [0.15, 0.2) is 0 Å². The molecule has 1 aromatic rings. The Hall–Kier alpha value is -1.40. The van der Waals surface area contributed by atoms with E-state index in [-0.39, 0.29) is 17.9 Å². The van der Waals surface area contributed by atoms with E-state index in [1.165, 1.54) is 6.07 Å². The van der Waals surface area contributed by atoms with E-state index in [0.29, 0.717) is 5.56 Å². The molecular weight excluding hydrogens is 179 g/mol. The van der Waals surface area contributed by atoms with Gasteiger partial charge in [0.1, 0.15) is 5.82 Å². The number of halogens is 1. The van der Waals surface area contributed by atoms with Crippen LogP contribution in [0.15, 0.2) is 24.3 Å². The molecule has 0 saturated carbocycles. The molecule has 0 fully saturated rings. The van der Waals surface area contributed by atoms with Crippen molar-refractivity contribution in [1.82, 2.24) is 5.32 Å². The molecule has 74 valence electrons. The van der Waals surface area contributed by atoms with Crippen LogP contribution in [0.3, 0.4) is 0 Å². The normalized spacial score (nSPS) is 14.4. The Bertz CT molecular complexity index is 343. The van der Waals surface area contributed by atoms with Crippen LogP contribution in [0.1, 0.15) is 25.5 Å². The van der Waals surface area contributed by atoms with Crippen molar-refractivity contribution in [1.29, 1.82) is 5.26 Å². The fraction of sp³-hybridized carbons (Fsp3) is 0.364. The topological polar surface area (TPSA) is 35.8 Å². The lowest BCUT2D eigenvalue weighted by atomic mass is 10.1. The number of benzene rings is 1. The SMILES string of the molecule is CC(C#N)N[C@H](C)c1ccccc1F. The highest BCUT2D eigenvalue weighted by Crippen LogP contribution is 2.16. The zero-order valence-electron chi connectivity index (χ0n) is 8.29.